The lowest BCUT2D eigenvalue weighted by Gasteiger charge is -2.29. The molecular formula is C27H43N3O3S. The van der Waals surface area contributed by atoms with E-state index in [1.807, 2.05) is 6.08 Å². The normalized spacial score (nSPS) is 30.1. The van der Waals surface area contributed by atoms with Crippen LogP contribution in [-0.2, 0) is 14.6 Å². The standard InChI is InChI=1S/C27H43N3O3S/c1-23-18-26(10-7-5-4-6-8-17-33-22-23)24(2)30-14-9-13-29(15-16-30)21-25-11-12-27(20-28-19-25)34(3,31)32/h7,10-12,18-20,23-24,27H,4-6,8-9,13-17,21-22H2,1-3H3/b10-7-,26-18+/t23?,24-,27?/m0/s1. The van der Waals surface area contributed by atoms with E-state index in [0.29, 0.717) is 12.0 Å². The van der Waals surface area contributed by atoms with Crippen molar-refractivity contribution in [2.75, 3.05) is 52.2 Å². The van der Waals surface area contributed by atoms with E-state index < -0.39 is 15.1 Å². The van der Waals surface area contributed by atoms with Gasteiger partial charge < -0.3 is 4.74 Å². The van der Waals surface area contributed by atoms with E-state index in [4.69, 9.17) is 4.74 Å². The highest BCUT2D eigenvalue weighted by Gasteiger charge is 2.22. The topological polar surface area (TPSA) is 62.2 Å². The summed E-state index contributed by atoms with van der Waals surface area (Å²) < 4.78 is 29.6. The highest BCUT2D eigenvalue weighted by molar-refractivity contribution is 7.92. The van der Waals surface area contributed by atoms with Crippen LogP contribution in [-0.4, -0.2) is 87.9 Å². The van der Waals surface area contributed by atoms with Crippen LogP contribution in [0.2, 0.25) is 0 Å². The van der Waals surface area contributed by atoms with Crippen molar-refractivity contribution in [1.29, 1.82) is 0 Å². The van der Waals surface area contributed by atoms with Gasteiger partial charge in [-0.15, -0.1) is 0 Å². The van der Waals surface area contributed by atoms with Gasteiger partial charge in [0.25, 0.3) is 0 Å². The van der Waals surface area contributed by atoms with Crippen LogP contribution in [0.4, 0.5) is 0 Å². The van der Waals surface area contributed by atoms with E-state index in [-0.39, 0.29) is 0 Å². The molecule has 3 aliphatic heterocycles. The Kier molecular flexibility index (Phi) is 10.8. The zero-order valence-corrected chi connectivity index (χ0v) is 22.0. The number of sulfone groups is 1. The molecule has 7 heteroatoms. The van der Waals surface area contributed by atoms with Crippen LogP contribution >= 0.6 is 0 Å². The Morgan fingerprint density at radius 3 is 2.79 bits per heavy atom. The van der Waals surface area contributed by atoms with Gasteiger partial charge in [-0.25, -0.2) is 8.42 Å². The van der Waals surface area contributed by atoms with Crippen LogP contribution in [0.1, 0.15) is 46.0 Å². The fourth-order valence-corrected chi connectivity index (χ4v) is 5.38. The fraction of sp³-hybridized carbons (Fsp3) is 0.667. The molecule has 190 valence electrons. The summed E-state index contributed by atoms with van der Waals surface area (Å²) in [7, 11) is -3.16. The van der Waals surface area contributed by atoms with Gasteiger partial charge >= 0.3 is 0 Å². The van der Waals surface area contributed by atoms with Gasteiger partial charge in [-0.3, -0.25) is 14.8 Å². The second kappa shape index (κ2) is 13.5. The molecule has 0 spiro atoms. The molecular weight excluding hydrogens is 446 g/mol. The third-order valence-electron chi connectivity index (χ3n) is 6.85. The van der Waals surface area contributed by atoms with Crippen molar-refractivity contribution in [2.24, 2.45) is 10.9 Å². The van der Waals surface area contributed by atoms with Crippen LogP contribution < -0.4 is 0 Å². The lowest BCUT2D eigenvalue weighted by molar-refractivity contribution is 0.113. The van der Waals surface area contributed by atoms with E-state index in [2.05, 4.69) is 46.9 Å². The maximum absolute atomic E-state index is 11.8. The molecule has 3 aliphatic rings. The van der Waals surface area contributed by atoms with Crippen molar-refractivity contribution in [3.05, 3.63) is 47.7 Å². The second-order valence-corrected chi connectivity index (χ2v) is 12.2. The van der Waals surface area contributed by atoms with Gasteiger partial charge in [-0.2, -0.15) is 0 Å². The number of hydrogen-bond acceptors (Lipinski definition) is 6. The molecule has 1 saturated heterocycles. The summed E-state index contributed by atoms with van der Waals surface area (Å²) in [6, 6.07) is 0.374. The van der Waals surface area contributed by atoms with Crippen LogP contribution in [0.5, 0.6) is 0 Å². The van der Waals surface area contributed by atoms with Crippen molar-refractivity contribution >= 4 is 16.1 Å². The summed E-state index contributed by atoms with van der Waals surface area (Å²) in [5, 5.41) is -0.637. The van der Waals surface area contributed by atoms with Crippen molar-refractivity contribution in [2.45, 2.75) is 57.2 Å². The first kappa shape index (κ1) is 27.1. The monoisotopic (exact) mass is 489 g/mol. The van der Waals surface area contributed by atoms with Gasteiger partial charge in [-0.05, 0) is 56.2 Å². The number of allylic oxidation sites excluding steroid dienone is 1. The summed E-state index contributed by atoms with van der Waals surface area (Å²) in [5.74, 6) is 0.412. The predicted octanol–water partition coefficient (Wildman–Crippen LogP) is 4.03. The van der Waals surface area contributed by atoms with Crippen LogP contribution in [0.25, 0.3) is 0 Å². The lowest BCUT2D eigenvalue weighted by Crippen LogP contribution is -2.38. The summed E-state index contributed by atoms with van der Waals surface area (Å²) in [4.78, 5) is 9.31. The van der Waals surface area contributed by atoms with Gasteiger partial charge in [0.1, 0.15) is 5.25 Å². The van der Waals surface area contributed by atoms with Gasteiger partial charge in [-0.1, -0.05) is 43.7 Å². The number of hydrogen-bond donors (Lipinski definition) is 0. The Labute approximate surface area is 207 Å². The molecule has 0 N–H and O–H groups in total. The molecule has 0 aromatic carbocycles. The Hall–Kier alpha value is -1.54. The quantitative estimate of drug-likeness (QED) is 0.584. The molecule has 1 fully saturated rings. The third kappa shape index (κ3) is 8.91. The van der Waals surface area contributed by atoms with Gasteiger partial charge in [0.05, 0.1) is 6.61 Å². The fourth-order valence-electron chi connectivity index (χ4n) is 4.73. The largest absolute Gasteiger partial charge is 0.381 e. The minimum atomic E-state index is -3.16. The number of ether oxygens (including phenoxy) is 1. The molecule has 2 unspecified atom stereocenters. The average Bonchev–Trinajstić information content (AvgIpc) is 3.16. The van der Waals surface area contributed by atoms with E-state index in [0.717, 1.165) is 70.8 Å². The lowest BCUT2D eigenvalue weighted by atomic mass is 10.00. The maximum Gasteiger partial charge on any atom is 0.158 e. The smallest absolute Gasteiger partial charge is 0.158 e. The van der Waals surface area contributed by atoms with E-state index in [1.165, 1.54) is 30.9 Å². The first-order valence-corrected chi connectivity index (χ1v) is 14.8. The van der Waals surface area contributed by atoms with Crippen molar-refractivity contribution in [3.63, 3.8) is 0 Å². The van der Waals surface area contributed by atoms with Crippen LogP contribution in [0, 0.1) is 5.92 Å². The van der Waals surface area contributed by atoms with Gasteiger partial charge in [0.2, 0.25) is 0 Å². The molecule has 0 radical (unpaired) electrons. The summed E-state index contributed by atoms with van der Waals surface area (Å²) >= 11 is 0. The van der Waals surface area contributed by atoms with Crippen LogP contribution in [0.3, 0.4) is 0 Å². The molecule has 6 nitrogen and oxygen atoms in total. The molecule has 0 aromatic heterocycles. The molecule has 0 amide bonds. The molecule has 34 heavy (non-hydrogen) atoms. The summed E-state index contributed by atoms with van der Waals surface area (Å²) in [5.41, 5.74) is 2.46. The summed E-state index contributed by atoms with van der Waals surface area (Å²) in [6.45, 7) is 11.2. The Bertz CT molecular complexity index is 904. The SMILES string of the molecule is CC1/C=C([C@H](C)N2CCCN(CC3=CN=CC(S(C)(=O)=O)C=C3)CC2)\C=C/CCCCCOC1. The Balaban J connectivity index is 1.59. The van der Waals surface area contributed by atoms with Crippen molar-refractivity contribution in [3.8, 4) is 0 Å². The minimum Gasteiger partial charge on any atom is -0.381 e. The molecule has 0 aromatic rings. The Morgan fingerprint density at radius 2 is 1.97 bits per heavy atom. The highest BCUT2D eigenvalue weighted by atomic mass is 32.2. The number of nitrogens with zero attached hydrogens (tertiary/aromatic N) is 3. The first-order chi connectivity index (χ1) is 16.3. The first-order valence-electron chi connectivity index (χ1n) is 12.8. The van der Waals surface area contributed by atoms with Crippen LogP contribution in [0.15, 0.2) is 52.7 Å². The highest BCUT2D eigenvalue weighted by Crippen LogP contribution is 2.20. The number of rotatable bonds is 5. The Morgan fingerprint density at radius 1 is 1.12 bits per heavy atom. The zero-order chi connectivity index (χ0) is 24.4. The predicted molar refractivity (Wildman–Crippen MR) is 142 cm³/mol. The van der Waals surface area contributed by atoms with Crippen molar-refractivity contribution < 1.29 is 13.2 Å². The van der Waals surface area contributed by atoms with E-state index in [1.54, 1.807) is 12.3 Å². The molecule has 3 heterocycles. The second-order valence-electron chi connectivity index (χ2n) is 9.97. The van der Waals surface area contributed by atoms with Gasteiger partial charge in [0, 0.05) is 57.5 Å². The molecule has 0 bridgehead atoms. The minimum absolute atomic E-state index is 0.374. The van der Waals surface area contributed by atoms with E-state index >= 15 is 0 Å². The molecule has 0 saturated carbocycles. The zero-order valence-electron chi connectivity index (χ0n) is 21.2. The molecule has 0 aliphatic carbocycles. The summed E-state index contributed by atoms with van der Waals surface area (Å²) in [6.07, 6.45) is 21.2. The van der Waals surface area contributed by atoms with E-state index in [9.17, 15) is 8.42 Å². The molecule has 3 atom stereocenters. The van der Waals surface area contributed by atoms with Gasteiger partial charge in [0.15, 0.2) is 9.84 Å². The molecule has 3 rings (SSSR count). The third-order valence-corrected chi connectivity index (χ3v) is 8.12. The number of aliphatic imine (C=N–C) groups is 1. The van der Waals surface area contributed by atoms with Crippen molar-refractivity contribution in [1.82, 2.24) is 9.80 Å². The maximum atomic E-state index is 11.8. The average molecular weight is 490 g/mol.